The molecule has 0 atom stereocenters. The van der Waals surface area contributed by atoms with Crippen molar-refractivity contribution >= 4 is 54.4 Å². The molecule has 0 aliphatic heterocycles. The molecule has 0 aliphatic rings. The molecule has 10 rings (SSSR count). The Balaban J connectivity index is 1.25. The smallest absolute Gasteiger partial charge is 0.0547 e. The Labute approximate surface area is 278 Å². The molecule has 0 radical (unpaired) electrons. The van der Waals surface area contributed by atoms with Crippen LogP contribution >= 0.6 is 0 Å². The number of para-hydroxylation sites is 2. The minimum absolute atomic E-state index is 1.16. The first-order valence-electron chi connectivity index (χ1n) is 16.5. The second-order valence-corrected chi connectivity index (χ2v) is 12.5. The molecule has 0 amide bonds. The van der Waals surface area contributed by atoms with Gasteiger partial charge in [0.1, 0.15) is 0 Å². The number of rotatable bonds is 4. The van der Waals surface area contributed by atoms with Crippen LogP contribution in [-0.2, 0) is 0 Å². The molecular weight excluding hydrogens is 581 g/mol. The van der Waals surface area contributed by atoms with E-state index in [0.29, 0.717) is 0 Å². The Hall–Kier alpha value is -6.38. The highest BCUT2D eigenvalue weighted by molar-refractivity contribution is 6.33. The van der Waals surface area contributed by atoms with Gasteiger partial charge in [0.05, 0.1) is 22.1 Å². The Morgan fingerprint density at radius 1 is 0.250 bits per heavy atom. The van der Waals surface area contributed by atoms with E-state index < -0.39 is 0 Å². The molecule has 0 saturated heterocycles. The number of benzene rings is 8. The number of aromatic nitrogens is 2. The van der Waals surface area contributed by atoms with Gasteiger partial charge < -0.3 is 9.13 Å². The van der Waals surface area contributed by atoms with Crippen LogP contribution in [0.25, 0.3) is 88.0 Å². The lowest BCUT2D eigenvalue weighted by Crippen LogP contribution is -1.94. The van der Waals surface area contributed by atoms with Gasteiger partial charge in [0, 0.05) is 38.3 Å². The zero-order valence-electron chi connectivity index (χ0n) is 26.2. The third kappa shape index (κ3) is 4.00. The lowest BCUT2D eigenvalue weighted by atomic mass is 9.98. The molecule has 2 aromatic heterocycles. The first-order chi connectivity index (χ1) is 23.8. The van der Waals surface area contributed by atoms with Gasteiger partial charge in [0.15, 0.2) is 0 Å². The number of fused-ring (bicyclic) bond motifs is 9. The van der Waals surface area contributed by atoms with Crippen molar-refractivity contribution in [1.82, 2.24) is 9.13 Å². The van der Waals surface area contributed by atoms with Crippen LogP contribution in [0.1, 0.15) is 0 Å². The third-order valence-electron chi connectivity index (χ3n) is 9.92. The van der Waals surface area contributed by atoms with E-state index in [4.69, 9.17) is 0 Å². The molecule has 0 N–H and O–H groups in total. The molecular formula is C46H30N2. The third-order valence-corrected chi connectivity index (χ3v) is 9.92. The minimum atomic E-state index is 1.16. The van der Waals surface area contributed by atoms with Gasteiger partial charge in [-0.2, -0.15) is 0 Å². The monoisotopic (exact) mass is 610 g/mol. The highest BCUT2D eigenvalue weighted by atomic mass is 15.0. The van der Waals surface area contributed by atoms with Gasteiger partial charge in [0.25, 0.3) is 0 Å². The maximum Gasteiger partial charge on any atom is 0.0547 e. The van der Waals surface area contributed by atoms with Crippen LogP contribution in [-0.4, -0.2) is 9.13 Å². The summed E-state index contributed by atoms with van der Waals surface area (Å²) in [6.45, 7) is 0. The van der Waals surface area contributed by atoms with Gasteiger partial charge in [-0.05, 0) is 76.2 Å². The quantitative estimate of drug-likeness (QED) is 0.188. The first kappa shape index (κ1) is 26.8. The normalized spacial score (nSPS) is 11.8. The summed E-state index contributed by atoms with van der Waals surface area (Å²) >= 11 is 0. The highest BCUT2D eigenvalue weighted by Gasteiger charge is 2.20. The van der Waals surface area contributed by atoms with Crippen molar-refractivity contribution in [3.8, 4) is 33.6 Å². The van der Waals surface area contributed by atoms with Crippen molar-refractivity contribution in [2.75, 3.05) is 0 Å². The van der Waals surface area contributed by atoms with Gasteiger partial charge in [-0.3, -0.25) is 0 Å². The van der Waals surface area contributed by atoms with Crippen molar-refractivity contribution in [3.05, 3.63) is 182 Å². The van der Waals surface area contributed by atoms with Crippen LogP contribution in [0.4, 0.5) is 0 Å². The average molecular weight is 611 g/mol. The van der Waals surface area contributed by atoms with Gasteiger partial charge in [-0.25, -0.2) is 0 Å². The topological polar surface area (TPSA) is 9.86 Å². The summed E-state index contributed by atoms with van der Waals surface area (Å²) in [6.07, 6.45) is 0. The van der Waals surface area contributed by atoms with E-state index in [9.17, 15) is 0 Å². The lowest BCUT2D eigenvalue weighted by Gasteiger charge is -2.11. The molecule has 10 aromatic rings. The molecule has 8 aromatic carbocycles. The maximum atomic E-state index is 2.43. The zero-order chi connectivity index (χ0) is 31.6. The fraction of sp³-hybridized carbons (Fsp3) is 0. The van der Waals surface area contributed by atoms with Crippen molar-refractivity contribution in [3.63, 3.8) is 0 Å². The van der Waals surface area contributed by atoms with Gasteiger partial charge in [-0.1, -0.05) is 133 Å². The Morgan fingerprint density at radius 3 is 1.06 bits per heavy atom. The summed E-state index contributed by atoms with van der Waals surface area (Å²) in [7, 11) is 0. The minimum Gasteiger partial charge on any atom is -0.309 e. The van der Waals surface area contributed by atoms with Gasteiger partial charge >= 0.3 is 0 Å². The highest BCUT2D eigenvalue weighted by Crippen LogP contribution is 2.43. The largest absolute Gasteiger partial charge is 0.309 e. The Morgan fingerprint density at radius 2 is 0.625 bits per heavy atom. The van der Waals surface area contributed by atoms with Crippen LogP contribution in [0, 0.1) is 0 Å². The van der Waals surface area contributed by atoms with E-state index >= 15 is 0 Å². The standard InChI is InChI=1S/C46H30N2/c1-3-11-31(12-4-1)33-19-25-36(26-20-33)47-40-17-9-7-15-38(40)45-42(47)29-23-35-24-30-43-46(44(35)45)39-16-8-10-18-41(39)48(43)37-27-21-34(22-28-37)32-13-5-2-6-14-32/h1-30H. The SMILES string of the molecule is c1ccc(-c2ccc(-n3c4ccccc4c4c5c(ccc43)ccc3c5c4ccccc4n3-c3ccc(-c4ccccc4)cc3)cc2)cc1. The van der Waals surface area contributed by atoms with Crippen LogP contribution in [0.3, 0.4) is 0 Å². The Kier molecular flexibility index (Phi) is 5.91. The molecule has 224 valence electrons. The molecule has 48 heavy (non-hydrogen) atoms. The van der Waals surface area contributed by atoms with Gasteiger partial charge in [0.2, 0.25) is 0 Å². The molecule has 2 nitrogen and oxygen atoms in total. The summed E-state index contributed by atoms with van der Waals surface area (Å²) in [6, 6.07) is 66.1. The van der Waals surface area contributed by atoms with Crippen LogP contribution < -0.4 is 0 Å². The van der Waals surface area contributed by atoms with E-state index in [1.807, 2.05) is 0 Å². The fourth-order valence-corrected chi connectivity index (χ4v) is 7.76. The van der Waals surface area contributed by atoms with Crippen LogP contribution in [0.5, 0.6) is 0 Å². The van der Waals surface area contributed by atoms with E-state index in [1.54, 1.807) is 0 Å². The predicted octanol–water partition coefficient (Wildman–Crippen LogP) is 12.4. The molecule has 0 bridgehead atoms. The maximum absolute atomic E-state index is 2.43. The molecule has 0 spiro atoms. The van der Waals surface area contributed by atoms with Crippen LogP contribution in [0.2, 0.25) is 0 Å². The van der Waals surface area contributed by atoms with E-state index in [0.717, 1.165) is 11.4 Å². The molecule has 2 heterocycles. The zero-order valence-corrected chi connectivity index (χ0v) is 26.2. The summed E-state index contributed by atoms with van der Waals surface area (Å²) in [5, 5.41) is 7.67. The van der Waals surface area contributed by atoms with E-state index in [2.05, 4.69) is 191 Å². The number of hydrogen-bond acceptors (Lipinski definition) is 0. The molecule has 0 fully saturated rings. The summed E-state index contributed by atoms with van der Waals surface area (Å²) in [5.74, 6) is 0. The van der Waals surface area contributed by atoms with Crippen molar-refractivity contribution in [2.45, 2.75) is 0 Å². The number of hydrogen-bond donors (Lipinski definition) is 0. The molecule has 0 unspecified atom stereocenters. The van der Waals surface area contributed by atoms with Crippen molar-refractivity contribution < 1.29 is 0 Å². The average Bonchev–Trinajstić information content (AvgIpc) is 3.69. The fourth-order valence-electron chi connectivity index (χ4n) is 7.76. The summed E-state index contributed by atoms with van der Waals surface area (Å²) in [5.41, 5.74) is 12.1. The van der Waals surface area contributed by atoms with Crippen molar-refractivity contribution in [1.29, 1.82) is 0 Å². The predicted molar refractivity (Wildman–Crippen MR) is 203 cm³/mol. The van der Waals surface area contributed by atoms with Crippen molar-refractivity contribution in [2.24, 2.45) is 0 Å². The first-order valence-corrected chi connectivity index (χ1v) is 16.5. The van der Waals surface area contributed by atoms with Gasteiger partial charge in [-0.15, -0.1) is 0 Å². The van der Waals surface area contributed by atoms with E-state index in [-0.39, 0.29) is 0 Å². The van der Waals surface area contributed by atoms with Crippen LogP contribution in [0.15, 0.2) is 182 Å². The Bertz CT molecular complexity index is 2590. The van der Waals surface area contributed by atoms with E-state index in [1.165, 1.54) is 76.6 Å². The molecule has 2 heteroatoms. The second kappa shape index (κ2) is 10.6. The molecule has 0 saturated carbocycles. The number of nitrogens with zero attached hydrogens (tertiary/aromatic N) is 2. The lowest BCUT2D eigenvalue weighted by molar-refractivity contribution is 1.18. The molecule has 0 aliphatic carbocycles. The summed E-state index contributed by atoms with van der Waals surface area (Å²) in [4.78, 5) is 0. The second-order valence-electron chi connectivity index (χ2n) is 12.5. The summed E-state index contributed by atoms with van der Waals surface area (Å²) < 4.78 is 4.86.